The Bertz CT molecular complexity index is 728. The zero-order chi connectivity index (χ0) is 19.9. The first-order valence-electron chi connectivity index (χ1n) is 9.09. The van der Waals surface area contributed by atoms with E-state index in [1.807, 2.05) is 22.9 Å². The summed E-state index contributed by atoms with van der Waals surface area (Å²) in [6.07, 6.45) is 5.21. The minimum Gasteiger partial charge on any atom is -0.335 e. The molecule has 0 saturated heterocycles. The summed E-state index contributed by atoms with van der Waals surface area (Å²) in [4.78, 5) is 11.9. The van der Waals surface area contributed by atoms with Gasteiger partial charge in [0.05, 0.1) is 6.20 Å². The van der Waals surface area contributed by atoms with Gasteiger partial charge >= 0.3 is 5.56 Å². The fourth-order valence-corrected chi connectivity index (χ4v) is 2.48. The molecule has 0 aliphatic carbocycles. The molecule has 0 bridgehead atoms. The van der Waals surface area contributed by atoms with Gasteiger partial charge in [0.1, 0.15) is 0 Å². The molecule has 1 heterocycles. The summed E-state index contributed by atoms with van der Waals surface area (Å²) < 4.78 is 3.40. The van der Waals surface area contributed by atoms with Crippen LogP contribution in [0.4, 0.5) is 0 Å². The second-order valence-electron chi connectivity index (χ2n) is 8.07. The molecule has 1 atom stereocenters. The Kier molecular flexibility index (Phi) is 11.5. The van der Waals surface area contributed by atoms with Gasteiger partial charge in [-0.25, -0.2) is 0 Å². The first kappa shape index (κ1) is 26.2. The van der Waals surface area contributed by atoms with E-state index in [4.69, 9.17) is 0 Å². The van der Waals surface area contributed by atoms with Crippen molar-refractivity contribution in [1.82, 2.24) is 9.88 Å². The molecule has 1 aromatic carbocycles. The van der Waals surface area contributed by atoms with Crippen molar-refractivity contribution in [3.8, 4) is 5.69 Å². The Labute approximate surface area is 190 Å². The number of benzene rings is 1. The van der Waals surface area contributed by atoms with Crippen LogP contribution >= 0.6 is 0 Å². The third-order valence-corrected chi connectivity index (χ3v) is 3.52. The Hall–Kier alpha value is -0.836. The number of aromatic nitrogens is 2. The van der Waals surface area contributed by atoms with Crippen molar-refractivity contribution in [3.05, 3.63) is 71.6 Å². The summed E-state index contributed by atoms with van der Waals surface area (Å²) in [5, 5.41) is 3.55. The number of nitrogens with one attached hydrogen (secondary N) is 1. The molecular formula is C22H34N3OY-. The van der Waals surface area contributed by atoms with E-state index in [0.29, 0.717) is 6.54 Å². The van der Waals surface area contributed by atoms with Crippen LogP contribution < -0.4 is 15.4 Å². The van der Waals surface area contributed by atoms with Gasteiger partial charge in [0.2, 0.25) is 11.9 Å². The molecule has 0 aliphatic rings. The van der Waals surface area contributed by atoms with Crippen LogP contribution in [0.2, 0.25) is 0 Å². The summed E-state index contributed by atoms with van der Waals surface area (Å²) in [7, 11) is 0. The maximum atomic E-state index is 11.9. The zero-order valence-electron chi connectivity index (χ0n) is 17.9. The molecule has 147 valence electrons. The van der Waals surface area contributed by atoms with Crippen LogP contribution in [0.25, 0.3) is 5.69 Å². The van der Waals surface area contributed by atoms with Crippen LogP contribution in [0.3, 0.4) is 0 Å². The summed E-state index contributed by atoms with van der Waals surface area (Å²) in [5.74, 6) is 1.42. The molecule has 4 nitrogen and oxygen atoms in total. The van der Waals surface area contributed by atoms with E-state index in [1.54, 1.807) is 17.0 Å². The molecule has 0 saturated carbocycles. The number of hydrogen-bond acceptors (Lipinski definition) is 2. The molecule has 2 rings (SSSR count). The largest absolute Gasteiger partial charge is 0.335 e. The molecule has 1 radical (unpaired) electrons. The third kappa shape index (κ3) is 9.78. The van der Waals surface area contributed by atoms with Crippen LogP contribution in [-0.4, -0.2) is 10.1 Å². The molecule has 2 aromatic rings. The van der Waals surface area contributed by atoms with Crippen molar-refractivity contribution >= 4 is 0 Å². The fourth-order valence-electron chi connectivity index (χ4n) is 2.48. The number of hydrogen-bond donors (Lipinski definition) is 1. The summed E-state index contributed by atoms with van der Waals surface area (Å²) in [6, 6.07) is 8.53. The molecule has 0 aliphatic heterocycles. The fraction of sp³-hybridized carbons (Fsp3) is 0.455. The van der Waals surface area contributed by atoms with Gasteiger partial charge in [0, 0.05) is 56.4 Å². The van der Waals surface area contributed by atoms with Crippen LogP contribution in [-0.2, 0) is 39.3 Å². The molecule has 1 aromatic heterocycles. The Morgan fingerprint density at radius 2 is 1.70 bits per heavy atom. The van der Waals surface area contributed by atoms with Gasteiger partial charge < -0.3 is 22.7 Å². The predicted octanol–water partition coefficient (Wildman–Crippen LogP) is 4.03. The average Bonchev–Trinajstić information content (AvgIpc) is 2.53. The van der Waals surface area contributed by atoms with Crippen LogP contribution in [0.5, 0.6) is 0 Å². The first-order chi connectivity index (χ1) is 12.0. The van der Waals surface area contributed by atoms with Gasteiger partial charge in [-0.3, -0.25) is 4.79 Å². The van der Waals surface area contributed by atoms with E-state index in [9.17, 15) is 4.79 Å². The standard InChI is InChI=1S/C18H25N3O.C4H9.Y/c1-6-20-11-12-21(13-17(20)22)16-9-7-15(8-10-16)14(2)19-18(3,4)5;1-4(2)3;/h7-14,19H,1,6H2,2-5H3;1-3H3;/q;-1;/t14-;;/m1../s1. The van der Waals surface area contributed by atoms with E-state index in [-0.39, 0.29) is 49.8 Å². The van der Waals surface area contributed by atoms with Gasteiger partial charge in [-0.1, -0.05) is 12.1 Å². The topological polar surface area (TPSA) is 37.9 Å². The van der Waals surface area contributed by atoms with Gasteiger partial charge in [0.15, 0.2) is 6.20 Å². The molecule has 0 fully saturated rings. The van der Waals surface area contributed by atoms with Crippen molar-refractivity contribution in [2.75, 3.05) is 0 Å². The zero-order valence-corrected chi connectivity index (χ0v) is 20.8. The molecule has 0 amide bonds. The third-order valence-electron chi connectivity index (χ3n) is 3.52. The van der Waals surface area contributed by atoms with Crippen molar-refractivity contribution in [3.63, 3.8) is 0 Å². The van der Waals surface area contributed by atoms with Crippen LogP contribution in [0, 0.1) is 12.8 Å². The average molecular weight is 445 g/mol. The van der Waals surface area contributed by atoms with Crippen molar-refractivity contribution < 1.29 is 37.3 Å². The molecule has 5 heteroatoms. The monoisotopic (exact) mass is 445 g/mol. The normalized spacial score (nSPS) is 12.0. The summed E-state index contributed by atoms with van der Waals surface area (Å²) in [6.45, 7) is 19.0. The quantitative estimate of drug-likeness (QED) is 0.570. The predicted molar refractivity (Wildman–Crippen MR) is 109 cm³/mol. The number of nitrogens with zero attached hydrogens (tertiary/aromatic N) is 2. The summed E-state index contributed by atoms with van der Waals surface area (Å²) >= 11 is 0. The molecule has 0 spiro atoms. The van der Waals surface area contributed by atoms with Crippen molar-refractivity contribution in [1.29, 1.82) is 0 Å². The van der Waals surface area contributed by atoms with E-state index < -0.39 is 0 Å². The minimum absolute atomic E-state index is 0. The maximum absolute atomic E-state index is 11.9. The SMILES string of the molecule is C[C-](C)C.[CH2-]Cn1cc[n+](-c2ccc([C@@H](C)NC(C)(C)C)cc2)cc1=O.[Y]. The second kappa shape index (κ2) is 11.9. The summed E-state index contributed by atoms with van der Waals surface area (Å²) in [5.41, 5.74) is 2.22. The van der Waals surface area contributed by atoms with E-state index in [1.165, 1.54) is 11.5 Å². The molecule has 1 N–H and O–H groups in total. The van der Waals surface area contributed by atoms with Crippen molar-refractivity contribution in [2.24, 2.45) is 0 Å². The van der Waals surface area contributed by atoms with Crippen molar-refractivity contribution in [2.45, 2.75) is 66.6 Å². The van der Waals surface area contributed by atoms with Gasteiger partial charge in [-0.05, 0) is 33.3 Å². The van der Waals surface area contributed by atoms with Gasteiger partial charge in [-0.2, -0.15) is 25.3 Å². The van der Waals surface area contributed by atoms with E-state index >= 15 is 0 Å². The van der Waals surface area contributed by atoms with Gasteiger partial charge in [0.25, 0.3) is 0 Å². The Balaban J connectivity index is 0.00000123. The Morgan fingerprint density at radius 3 is 2.11 bits per heavy atom. The Morgan fingerprint density at radius 1 is 1.19 bits per heavy atom. The molecule has 27 heavy (non-hydrogen) atoms. The van der Waals surface area contributed by atoms with E-state index in [2.05, 4.69) is 72.8 Å². The molecular weight excluding hydrogens is 411 g/mol. The molecule has 0 unspecified atom stereocenters. The second-order valence-corrected chi connectivity index (χ2v) is 8.07. The van der Waals surface area contributed by atoms with Crippen LogP contribution in [0.1, 0.15) is 60.1 Å². The van der Waals surface area contributed by atoms with Crippen LogP contribution in [0.15, 0.2) is 47.7 Å². The van der Waals surface area contributed by atoms with E-state index in [0.717, 1.165) is 5.69 Å². The number of rotatable bonds is 4. The minimum atomic E-state index is -0.0515. The maximum Gasteiger partial charge on any atom is 0.312 e. The smallest absolute Gasteiger partial charge is 0.312 e. The first-order valence-corrected chi connectivity index (χ1v) is 9.09. The van der Waals surface area contributed by atoms with Gasteiger partial charge in [-0.15, -0.1) is 6.54 Å².